The zero-order chi connectivity index (χ0) is 16.8. The lowest BCUT2D eigenvalue weighted by atomic mass is 10.0. The average Bonchev–Trinajstić information content (AvgIpc) is 2.71. The van der Waals surface area contributed by atoms with Crippen molar-refractivity contribution in [1.82, 2.24) is 14.9 Å². The monoisotopic (exact) mass is 373 g/mol. The fraction of sp³-hybridized carbons (Fsp3) is 0.467. The van der Waals surface area contributed by atoms with Gasteiger partial charge in [0.1, 0.15) is 0 Å². The van der Waals surface area contributed by atoms with E-state index in [0.29, 0.717) is 12.8 Å². The lowest BCUT2D eigenvalue weighted by molar-refractivity contribution is 0.0693. The van der Waals surface area contributed by atoms with Gasteiger partial charge in [-0.25, -0.2) is 13.1 Å². The third-order valence-electron chi connectivity index (χ3n) is 4.32. The molecule has 0 spiro atoms. The largest absolute Gasteiger partial charge is 0.314 e. The molecule has 1 fully saturated rings. The molecule has 2 N–H and O–H groups in total. The van der Waals surface area contributed by atoms with Crippen molar-refractivity contribution in [1.29, 1.82) is 0 Å². The highest BCUT2D eigenvalue weighted by molar-refractivity contribution is 7.89. The quantitative estimate of drug-likeness (QED) is 0.762. The molecule has 2 unspecified atom stereocenters. The summed E-state index contributed by atoms with van der Waals surface area (Å²) >= 11 is 0. The fourth-order valence-corrected chi connectivity index (χ4v) is 4.34. The van der Waals surface area contributed by atoms with Crippen molar-refractivity contribution in [2.75, 3.05) is 13.6 Å². The molecule has 2 aliphatic rings. The number of rotatable bonds is 3. The Balaban J connectivity index is 0.00000208. The number of carbonyl (C=O) groups is 2. The first-order chi connectivity index (χ1) is 10.8. The van der Waals surface area contributed by atoms with Gasteiger partial charge in [-0.05, 0) is 44.5 Å². The second-order valence-electron chi connectivity index (χ2n) is 6.07. The van der Waals surface area contributed by atoms with Crippen LogP contribution in [0.25, 0.3) is 0 Å². The number of hydrogen-bond donors (Lipinski definition) is 2. The second kappa shape index (κ2) is 6.79. The van der Waals surface area contributed by atoms with Crippen LogP contribution in [-0.4, -0.2) is 50.8 Å². The molecule has 2 heterocycles. The summed E-state index contributed by atoms with van der Waals surface area (Å²) in [6.07, 6.45) is 1.43. The van der Waals surface area contributed by atoms with Crippen molar-refractivity contribution in [3.05, 3.63) is 29.3 Å². The minimum atomic E-state index is -3.72. The summed E-state index contributed by atoms with van der Waals surface area (Å²) in [5, 5.41) is 3.26. The van der Waals surface area contributed by atoms with Gasteiger partial charge >= 0.3 is 0 Å². The number of benzene rings is 1. The number of halogens is 1. The second-order valence-corrected chi connectivity index (χ2v) is 7.79. The summed E-state index contributed by atoms with van der Waals surface area (Å²) in [7, 11) is -2.34. The molecule has 2 aliphatic heterocycles. The fourth-order valence-electron chi connectivity index (χ4n) is 3.03. The zero-order valence-electron chi connectivity index (χ0n) is 13.4. The van der Waals surface area contributed by atoms with E-state index in [-0.39, 0.29) is 40.5 Å². The summed E-state index contributed by atoms with van der Waals surface area (Å²) < 4.78 is 27.8. The Morgan fingerprint density at radius 2 is 1.88 bits per heavy atom. The number of nitrogens with one attached hydrogen (secondary N) is 2. The Kier molecular flexibility index (Phi) is 5.34. The van der Waals surface area contributed by atoms with Gasteiger partial charge in [-0.1, -0.05) is 0 Å². The Hall–Kier alpha value is -1.48. The van der Waals surface area contributed by atoms with Crippen LogP contribution in [0.1, 0.15) is 40.5 Å². The highest BCUT2D eigenvalue weighted by atomic mass is 35.5. The van der Waals surface area contributed by atoms with E-state index in [1.165, 1.54) is 25.2 Å². The maximum atomic E-state index is 12.5. The number of carbonyl (C=O) groups excluding carboxylic acids is 2. The average molecular weight is 374 g/mol. The van der Waals surface area contributed by atoms with Crippen LogP contribution in [0.3, 0.4) is 0 Å². The molecule has 0 radical (unpaired) electrons. The van der Waals surface area contributed by atoms with Gasteiger partial charge in [0.15, 0.2) is 0 Å². The van der Waals surface area contributed by atoms with Gasteiger partial charge in [0.25, 0.3) is 11.8 Å². The van der Waals surface area contributed by atoms with Gasteiger partial charge in [-0.15, -0.1) is 12.4 Å². The lowest BCUT2D eigenvalue weighted by Crippen LogP contribution is -2.46. The first-order valence-corrected chi connectivity index (χ1v) is 9.00. The van der Waals surface area contributed by atoms with Gasteiger partial charge in [0, 0.05) is 19.1 Å². The van der Waals surface area contributed by atoms with Gasteiger partial charge in [0.05, 0.1) is 16.0 Å². The highest BCUT2D eigenvalue weighted by Gasteiger charge is 2.34. The number of piperidine rings is 1. The predicted octanol–water partition coefficient (Wildman–Crippen LogP) is 0.753. The topological polar surface area (TPSA) is 95.6 Å². The molecule has 0 bridgehead atoms. The number of imide groups is 1. The maximum Gasteiger partial charge on any atom is 0.261 e. The molecular formula is C15H20ClN3O4S. The Bertz CT molecular complexity index is 781. The van der Waals surface area contributed by atoms with Crippen LogP contribution >= 0.6 is 12.4 Å². The molecule has 132 valence electrons. The zero-order valence-corrected chi connectivity index (χ0v) is 15.0. The number of amides is 2. The normalized spacial score (nSPS) is 23.8. The first kappa shape index (κ1) is 18.9. The maximum absolute atomic E-state index is 12.5. The van der Waals surface area contributed by atoms with Gasteiger partial charge in [-0.2, -0.15) is 0 Å². The van der Waals surface area contributed by atoms with E-state index >= 15 is 0 Å². The molecule has 2 atom stereocenters. The van der Waals surface area contributed by atoms with E-state index in [2.05, 4.69) is 10.0 Å². The van der Waals surface area contributed by atoms with Gasteiger partial charge in [0.2, 0.25) is 10.0 Å². The summed E-state index contributed by atoms with van der Waals surface area (Å²) in [5.41, 5.74) is 0.381. The van der Waals surface area contributed by atoms with E-state index in [1.807, 2.05) is 6.92 Å². The number of fused-ring (bicyclic) bond motifs is 1. The molecular weight excluding hydrogens is 354 g/mol. The molecule has 0 aliphatic carbocycles. The highest BCUT2D eigenvalue weighted by Crippen LogP contribution is 2.25. The van der Waals surface area contributed by atoms with E-state index in [4.69, 9.17) is 0 Å². The molecule has 0 aromatic heterocycles. The van der Waals surface area contributed by atoms with Crippen LogP contribution in [0, 0.1) is 0 Å². The van der Waals surface area contributed by atoms with Crippen molar-refractivity contribution >= 4 is 34.2 Å². The molecule has 1 aromatic carbocycles. The van der Waals surface area contributed by atoms with Gasteiger partial charge in [-0.3, -0.25) is 14.5 Å². The third kappa shape index (κ3) is 3.32. The third-order valence-corrected chi connectivity index (χ3v) is 5.84. The number of hydrogen-bond acceptors (Lipinski definition) is 5. The van der Waals surface area contributed by atoms with Crippen LogP contribution in [0.4, 0.5) is 0 Å². The van der Waals surface area contributed by atoms with Crippen LogP contribution in [0.2, 0.25) is 0 Å². The minimum Gasteiger partial charge on any atom is -0.314 e. The smallest absolute Gasteiger partial charge is 0.261 e. The SMILES string of the molecule is CC1CC(NS(=O)(=O)c2ccc3c(c2)C(=O)N(C)C3=O)CCN1.Cl. The van der Waals surface area contributed by atoms with Crippen molar-refractivity contribution in [2.24, 2.45) is 0 Å². The summed E-state index contributed by atoms with van der Waals surface area (Å²) in [6.45, 7) is 2.77. The van der Waals surface area contributed by atoms with Crippen LogP contribution in [-0.2, 0) is 10.0 Å². The molecule has 24 heavy (non-hydrogen) atoms. The summed E-state index contributed by atoms with van der Waals surface area (Å²) in [4.78, 5) is 24.9. The van der Waals surface area contributed by atoms with Crippen LogP contribution in [0.15, 0.2) is 23.1 Å². The molecule has 7 nitrogen and oxygen atoms in total. The Morgan fingerprint density at radius 3 is 2.54 bits per heavy atom. The molecule has 9 heteroatoms. The van der Waals surface area contributed by atoms with Crippen molar-refractivity contribution in [3.8, 4) is 0 Å². The first-order valence-electron chi connectivity index (χ1n) is 7.52. The van der Waals surface area contributed by atoms with Crippen LogP contribution in [0.5, 0.6) is 0 Å². The molecule has 1 aromatic rings. The van der Waals surface area contributed by atoms with E-state index in [9.17, 15) is 18.0 Å². The molecule has 3 rings (SSSR count). The van der Waals surface area contributed by atoms with Crippen LogP contribution < -0.4 is 10.0 Å². The minimum absolute atomic E-state index is 0. The Morgan fingerprint density at radius 1 is 1.21 bits per heavy atom. The lowest BCUT2D eigenvalue weighted by Gasteiger charge is -2.28. The number of nitrogens with zero attached hydrogens (tertiary/aromatic N) is 1. The molecule has 1 saturated heterocycles. The van der Waals surface area contributed by atoms with Gasteiger partial charge < -0.3 is 5.32 Å². The molecule has 0 saturated carbocycles. The Labute approximate surface area is 147 Å². The van der Waals surface area contributed by atoms with E-state index in [0.717, 1.165) is 11.4 Å². The predicted molar refractivity (Wildman–Crippen MR) is 90.9 cm³/mol. The summed E-state index contributed by atoms with van der Waals surface area (Å²) in [6, 6.07) is 4.18. The summed E-state index contributed by atoms with van der Waals surface area (Å²) in [5.74, 6) is -0.883. The van der Waals surface area contributed by atoms with E-state index in [1.54, 1.807) is 0 Å². The molecule has 2 amide bonds. The van der Waals surface area contributed by atoms with Crippen molar-refractivity contribution < 1.29 is 18.0 Å². The van der Waals surface area contributed by atoms with E-state index < -0.39 is 21.8 Å². The van der Waals surface area contributed by atoms with Crippen molar-refractivity contribution in [3.63, 3.8) is 0 Å². The standard InChI is InChI=1S/C15H19N3O4S.ClH/c1-9-7-10(5-6-16-9)17-23(21,22)11-3-4-12-13(8-11)15(20)18(2)14(12)19;/h3-4,8-10,16-17H,5-7H2,1-2H3;1H. The number of sulfonamides is 1. The van der Waals surface area contributed by atoms with Crippen molar-refractivity contribution in [2.45, 2.75) is 36.7 Å².